The Hall–Kier alpha value is -4.12. The topological polar surface area (TPSA) is 103 Å². The third-order valence-electron chi connectivity index (χ3n) is 8.06. The fourth-order valence-electron chi connectivity index (χ4n) is 6.09. The van der Waals surface area contributed by atoms with Crippen LogP contribution in [-0.4, -0.2) is 103 Å². The van der Waals surface area contributed by atoms with E-state index in [4.69, 9.17) is 9.47 Å². The molecule has 0 saturated carbocycles. The third kappa shape index (κ3) is 6.38. The van der Waals surface area contributed by atoms with E-state index in [1.54, 1.807) is 38.3 Å². The fraction of sp³-hybridized carbons (Fsp3) is 0.364. The number of carbonyl (C=O) groups is 3. The van der Waals surface area contributed by atoms with Gasteiger partial charge in [-0.2, -0.15) is 0 Å². The quantitative estimate of drug-likeness (QED) is 0.257. The summed E-state index contributed by atoms with van der Waals surface area (Å²) in [4.78, 5) is 47.6. The van der Waals surface area contributed by atoms with Gasteiger partial charge in [-0.15, -0.1) is 12.4 Å². The number of ether oxygens (including phenoxy) is 2. The molecule has 1 N–H and O–H groups in total. The van der Waals surface area contributed by atoms with Crippen LogP contribution in [0.4, 0.5) is 10.5 Å². The number of urea groups is 1. The number of aliphatic hydroxyl groups excluding tert-OH is 1. The number of methoxy groups -OCH3 is 1. The van der Waals surface area contributed by atoms with Crippen molar-refractivity contribution in [1.29, 1.82) is 0 Å². The average Bonchev–Trinajstić information content (AvgIpc) is 3.24. The minimum Gasteiger partial charge on any atom is -0.495 e. The number of halogens is 1. The molecule has 0 radical (unpaired) electrons. The maximum absolute atomic E-state index is 14.3. The van der Waals surface area contributed by atoms with E-state index in [-0.39, 0.29) is 25.6 Å². The number of hydrogen-bond acceptors (Lipinski definition) is 8. The largest absolute Gasteiger partial charge is 0.495 e. The van der Waals surface area contributed by atoms with Crippen molar-refractivity contribution in [3.63, 3.8) is 0 Å². The van der Waals surface area contributed by atoms with E-state index in [9.17, 15) is 19.5 Å². The summed E-state index contributed by atoms with van der Waals surface area (Å²) in [6, 6.07) is 25.3. The van der Waals surface area contributed by atoms with Gasteiger partial charge in [-0.25, -0.2) is 4.79 Å². The smallest absolute Gasteiger partial charge is 0.328 e. The molecule has 3 amide bonds. The molecule has 0 aromatic heterocycles. The van der Waals surface area contributed by atoms with Gasteiger partial charge in [-0.1, -0.05) is 72.8 Å². The Morgan fingerprint density at radius 1 is 0.864 bits per heavy atom. The lowest BCUT2D eigenvalue weighted by molar-refractivity contribution is -0.147. The van der Waals surface area contributed by atoms with Crippen molar-refractivity contribution in [2.24, 2.45) is 0 Å². The normalized spacial score (nSPS) is 17.3. The van der Waals surface area contributed by atoms with Crippen LogP contribution in [0.1, 0.15) is 18.1 Å². The molecule has 234 valence electrons. The monoisotopic (exact) mass is 622 g/mol. The highest BCUT2D eigenvalue weighted by Crippen LogP contribution is 2.43. The number of para-hydroxylation sites is 2. The summed E-state index contributed by atoms with van der Waals surface area (Å²) in [5.74, 6) is -0.408. The second kappa shape index (κ2) is 14.6. The molecule has 0 bridgehead atoms. The lowest BCUT2D eigenvalue weighted by Gasteiger charge is -2.39. The van der Waals surface area contributed by atoms with Crippen LogP contribution in [0.2, 0.25) is 0 Å². The number of amides is 3. The molecular formula is C33H39ClN4O6. The highest BCUT2D eigenvalue weighted by Gasteiger charge is 2.60. The zero-order valence-electron chi connectivity index (χ0n) is 25.0. The number of carbonyl (C=O) groups excluding carboxylic acids is 3. The van der Waals surface area contributed by atoms with E-state index in [2.05, 4.69) is 9.80 Å². The van der Waals surface area contributed by atoms with Crippen molar-refractivity contribution in [3.8, 4) is 5.75 Å². The first kappa shape index (κ1) is 32.8. The summed E-state index contributed by atoms with van der Waals surface area (Å²) in [6.07, 6.45) is -0.955. The van der Waals surface area contributed by atoms with Gasteiger partial charge >= 0.3 is 12.0 Å². The number of hydrogen-bond donors (Lipinski definition) is 1. The number of rotatable bonds is 11. The van der Waals surface area contributed by atoms with Crippen LogP contribution in [0, 0.1) is 0 Å². The van der Waals surface area contributed by atoms with E-state index in [0.29, 0.717) is 30.8 Å². The van der Waals surface area contributed by atoms with Gasteiger partial charge in [0.05, 0.1) is 32.1 Å². The molecule has 1 unspecified atom stereocenters. The molecule has 11 heteroatoms. The van der Waals surface area contributed by atoms with Gasteiger partial charge in [0.1, 0.15) is 12.3 Å². The average molecular weight is 623 g/mol. The lowest BCUT2D eigenvalue weighted by atomic mass is 9.81. The number of benzene rings is 3. The Bertz CT molecular complexity index is 1380. The molecule has 1 atom stereocenters. The van der Waals surface area contributed by atoms with E-state index >= 15 is 0 Å². The number of anilines is 1. The van der Waals surface area contributed by atoms with E-state index < -0.39 is 36.1 Å². The van der Waals surface area contributed by atoms with Gasteiger partial charge in [0.15, 0.2) is 5.54 Å². The number of imide groups is 1. The van der Waals surface area contributed by atoms with Crippen LogP contribution in [0.3, 0.4) is 0 Å². The number of nitrogens with zero attached hydrogens (tertiary/aromatic N) is 4. The van der Waals surface area contributed by atoms with Gasteiger partial charge in [0, 0.05) is 32.7 Å². The Morgan fingerprint density at radius 2 is 1.43 bits per heavy atom. The van der Waals surface area contributed by atoms with E-state index in [1.165, 1.54) is 4.90 Å². The van der Waals surface area contributed by atoms with Crippen molar-refractivity contribution in [2.45, 2.75) is 18.6 Å². The van der Waals surface area contributed by atoms with Crippen molar-refractivity contribution in [2.75, 3.05) is 64.4 Å². The van der Waals surface area contributed by atoms with E-state index in [1.807, 2.05) is 60.7 Å². The zero-order chi connectivity index (χ0) is 30.4. The number of β-amino-alcohol motifs (C(OH)–C–C–N with tert-alkyl or cyclic N) is 1. The Balaban J connectivity index is 0.00000442. The summed E-state index contributed by atoms with van der Waals surface area (Å²) in [5.41, 5.74) is 0.617. The minimum atomic E-state index is -1.56. The van der Waals surface area contributed by atoms with Crippen LogP contribution in [-0.2, 0) is 19.9 Å². The van der Waals surface area contributed by atoms with Crippen molar-refractivity contribution < 1.29 is 29.0 Å². The molecule has 5 rings (SSSR count). The zero-order valence-corrected chi connectivity index (χ0v) is 25.8. The van der Waals surface area contributed by atoms with Gasteiger partial charge < -0.3 is 19.5 Å². The van der Waals surface area contributed by atoms with Crippen LogP contribution >= 0.6 is 12.4 Å². The van der Waals surface area contributed by atoms with Crippen molar-refractivity contribution in [3.05, 3.63) is 96.1 Å². The van der Waals surface area contributed by atoms with Crippen molar-refractivity contribution >= 4 is 36.0 Å². The summed E-state index contributed by atoms with van der Waals surface area (Å²) in [6.45, 7) is 4.41. The first-order valence-corrected chi connectivity index (χ1v) is 14.6. The predicted molar refractivity (Wildman–Crippen MR) is 169 cm³/mol. The van der Waals surface area contributed by atoms with Gasteiger partial charge in [-0.05, 0) is 30.2 Å². The van der Waals surface area contributed by atoms with Crippen LogP contribution in [0.5, 0.6) is 5.75 Å². The molecule has 2 saturated heterocycles. The first-order valence-electron chi connectivity index (χ1n) is 14.6. The highest BCUT2D eigenvalue weighted by atomic mass is 35.5. The van der Waals surface area contributed by atoms with E-state index in [0.717, 1.165) is 29.4 Å². The maximum atomic E-state index is 14.3. The van der Waals surface area contributed by atoms with Crippen LogP contribution < -0.4 is 9.64 Å². The molecule has 0 spiro atoms. The fourth-order valence-corrected chi connectivity index (χ4v) is 6.09. The van der Waals surface area contributed by atoms with Gasteiger partial charge in [0.2, 0.25) is 0 Å². The highest BCUT2D eigenvalue weighted by molar-refractivity contribution is 6.11. The minimum absolute atomic E-state index is 0. The SMILES string of the molecule is CCOC(=O)CN1C(=O)N(CC(O)CN2CCN(c3ccccc3OC)CC2)C(c2ccccc2)(c2ccccc2)C1=O.Cl. The summed E-state index contributed by atoms with van der Waals surface area (Å²) >= 11 is 0. The maximum Gasteiger partial charge on any atom is 0.328 e. The molecule has 2 aliphatic heterocycles. The van der Waals surface area contributed by atoms with Gasteiger partial charge in [-0.3, -0.25) is 24.3 Å². The van der Waals surface area contributed by atoms with Crippen LogP contribution in [0.25, 0.3) is 0 Å². The van der Waals surface area contributed by atoms with Crippen molar-refractivity contribution in [1.82, 2.24) is 14.7 Å². The molecule has 3 aromatic carbocycles. The Kier molecular flexibility index (Phi) is 10.9. The number of aliphatic hydroxyl groups is 1. The summed E-state index contributed by atoms with van der Waals surface area (Å²) in [5, 5.41) is 11.4. The predicted octanol–water partition coefficient (Wildman–Crippen LogP) is 3.37. The standard InChI is InChI=1S/C33H38N4O6.ClH/c1-3-43-30(39)24-36-31(40)33(25-12-6-4-7-13-25,26-14-8-5-9-15-26)37(32(36)41)23-27(38)22-34-18-20-35(21-19-34)28-16-10-11-17-29(28)42-2;/h4-17,27,38H,3,18-24H2,1-2H3;1H. The van der Waals surface area contributed by atoms with Gasteiger partial charge in [0.25, 0.3) is 5.91 Å². The second-order valence-corrected chi connectivity index (χ2v) is 10.6. The molecule has 2 heterocycles. The molecular weight excluding hydrogens is 584 g/mol. The lowest BCUT2D eigenvalue weighted by Crippen LogP contribution is -2.53. The number of piperazine rings is 1. The number of esters is 1. The molecule has 10 nitrogen and oxygen atoms in total. The third-order valence-corrected chi connectivity index (χ3v) is 8.06. The Labute approximate surface area is 264 Å². The molecule has 0 aliphatic carbocycles. The molecule has 2 fully saturated rings. The Morgan fingerprint density at radius 3 is 2.00 bits per heavy atom. The molecule has 2 aliphatic rings. The second-order valence-electron chi connectivity index (χ2n) is 10.6. The summed E-state index contributed by atoms with van der Waals surface area (Å²) < 4.78 is 10.6. The van der Waals surface area contributed by atoms with Crippen LogP contribution in [0.15, 0.2) is 84.9 Å². The molecule has 44 heavy (non-hydrogen) atoms. The summed E-state index contributed by atoms with van der Waals surface area (Å²) in [7, 11) is 1.66. The first-order chi connectivity index (χ1) is 20.9. The molecule has 3 aromatic rings.